The second kappa shape index (κ2) is 10.5. The lowest BCUT2D eigenvalue weighted by Crippen LogP contribution is -2.48. The van der Waals surface area contributed by atoms with Crippen LogP contribution in [0.2, 0.25) is 0 Å². The number of para-hydroxylation sites is 1. The lowest BCUT2D eigenvalue weighted by atomic mass is 10.0. The highest BCUT2D eigenvalue weighted by Gasteiger charge is 2.34. The number of pyridine rings is 2. The van der Waals surface area contributed by atoms with Crippen LogP contribution in [0.4, 0.5) is 0 Å². The Hall–Kier alpha value is -3.66. The number of nitrogens with zero attached hydrogens (tertiary/aromatic N) is 2. The molecule has 0 aliphatic carbocycles. The van der Waals surface area contributed by atoms with Crippen LogP contribution in [0, 0.1) is 0 Å². The molecular formula is C25H24N4O4S. The number of rotatable bonds is 9. The molecule has 0 unspecified atom stereocenters. The Morgan fingerprint density at radius 3 is 2.47 bits per heavy atom. The SMILES string of the molecule is COC(=O)[C@@H](NCc1ccccc1)[C@@H](NS(=O)(=O)c1cccc2cccnc12)c1cccnc1. The summed E-state index contributed by atoms with van der Waals surface area (Å²) in [6.07, 6.45) is 4.64. The summed E-state index contributed by atoms with van der Waals surface area (Å²) in [5, 5.41) is 3.84. The van der Waals surface area contributed by atoms with Crippen molar-refractivity contribution < 1.29 is 17.9 Å². The van der Waals surface area contributed by atoms with Gasteiger partial charge in [0.05, 0.1) is 18.7 Å². The number of carbonyl (C=O) groups is 1. The van der Waals surface area contributed by atoms with E-state index in [1.165, 1.54) is 19.4 Å². The summed E-state index contributed by atoms with van der Waals surface area (Å²) < 4.78 is 34.9. The smallest absolute Gasteiger partial charge is 0.324 e. The van der Waals surface area contributed by atoms with Crippen LogP contribution in [0.15, 0.2) is 96.3 Å². The van der Waals surface area contributed by atoms with E-state index in [-0.39, 0.29) is 4.90 Å². The van der Waals surface area contributed by atoms with E-state index in [0.717, 1.165) is 5.56 Å². The molecule has 2 N–H and O–H groups in total. The van der Waals surface area contributed by atoms with Crippen LogP contribution in [-0.2, 0) is 26.1 Å². The summed E-state index contributed by atoms with van der Waals surface area (Å²) in [6.45, 7) is 0.328. The number of hydrogen-bond acceptors (Lipinski definition) is 7. The summed E-state index contributed by atoms with van der Waals surface area (Å²) in [4.78, 5) is 21.2. The van der Waals surface area contributed by atoms with E-state index in [4.69, 9.17) is 4.74 Å². The molecule has 9 heteroatoms. The van der Waals surface area contributed by atoms with E-state index >= 15 is 0 Å². The second-order valence-electron chi connectivity index (χ2n) is 7.58. The van der Waals surface area contributed by atoms with Gasteiger partial charge in [0.15, 0.2) is 0 Å². The first-order valence-corrected chi connectivity index (χ1v) is 12.1. The van der Waals surface area contributed by atoms with Gasteiger partial charge in [-0.3, -0.25) is 20.1 Å². The van der Waals surface area contributed by atoms with Gasteiger partial charge in [0.2, 0.25) is 10.0 Å². The van der Waals surface area contributed by atoms with Crippen molar-refractivity contribution in [3.05, 3.63) is 103 Å². The molecule has 8 nitrogen and oxygen atoms in total. The first-order chi connectivity index (χ1) is 16.5. The van der Waals surface area contributed by atoms with Crippen LogP contribution in [0.5, 0.6) is 0 Å². The molecule has 34 heavy (non-hydrogen) atoms. The molecule has 0 radical (unpaired) electrons. The monoisotopic (exact) mass is 476 g/mol. The van der Waals surface area contributed by atoms with Crippen molar-refractivity contribution in [3.8, 4) is 0 Å². The zero-order valence-corrected chi connectivity index (χ0v) is 19.3. The quantitative estimate of drug-likeness (QED) is 0.357. The maximum absolute atomic E-state index is 13.6. The Labute approximate surface area is 198 Å². The van der Waals surface area contributed by atoms with Crippen molar-refractivity contribution in [1.82, 2.24) is 20.0 Å². The van der Waals surface area contributed by atoms with Gasteiger partial charge in [-0.05, 0) is 29.3 Å². The van der Waals surface area contributed by atoms with E-state index in [1.807, 2.05) is 30.3 Å². The molecule has 2 aromatic carbocycles. The molecule has 2 aromatic heterocycles. The minimum atomic E-state index is -4.09. The summed E-state index contributed by atoms with van der Waals surface area (Å²) in [5.74, 6) is -0.608. The number of esters is 1. The maximum atomic E-state index is 13.6. The molecule has 2 heterocycles. The number of fused-ring (bicyclic) bond motifs is 1. The molecule has 0 aliphatic heterocycles. The fraction of sp³-hybridized carbons (Fsp3) is 0.160. The van der Waals surface area contributed by atoms with Gasteiger partial charge in [-0.25, -0.2) is 13.1 Å². The first kappa shape index (κ1) is 23.5. The first-order valence-electron chi connectivity index (χ1n) is 10.6. The van der Waals surface area contributed by atoms with Crippen LogP contribution in [-0.4, -0.2) is 37.5 Å². The van der Waals surface area contributed by atoms with Gasteiger partial charge < -0.3 is 4.74 Å². The van der Waals surface area contributed by atoms with Crippen molar-refractivity contribution in [3.63, 3.8) is 0 Å². The number of nitrogens with one attached hydrogen (secondary N) is 2. The van der Waals surface area contributed by atoms with Gasteiger partial charge in [-0.15, -0.1) is 0 Å². The molecule has 0 bridgehead atoms. The Morgan fingerprint density at radius 1 is 0.971 bits per heavy atom. The average Bonchev–Trinajstić information content (AvgIpc) is 2.88. The molecule has 0 saturated carbocycles. The third-order valence-corrected chi connectivity index (χ3v) is 6.84. The third-order valence-electron chi connectivity index (χ3n) is 5.37. The predicted octanol–water partition coefficient (Wildman–Crippen LogP) is 2.98. The number of sulfonamides is 1. The third kappa shape index (κ3) is 5.28. The summed E-state index contributed by atoms with van der Waals surface area (Å²) in [5.41, 5.74) is 1.78. The van der Waals surface area contributed by atoms with Crippen LogP contribution >= 0.6 is 0 Å². The minimum absolute atomic E-state index is 0.0196. The van der Waals surface area contributed by atoms with Crippen molar-refractivity contribution in [1.29, 1.82) is 0 Å². The molecule has 174 valence electrons. The largest absolute Gasteiger partial charge is 0.468 e. The van der Waals surface area contributed by atoms with Crippen molar-refractivity contribution in [2.45, 2.75) is 23.5 Å². The van der Waals surface area contributed by atoms with E-state index < -0.39 is 28.1 Å². The molecule has 0 fully saturated rings. The van der Waals surface area contributed by atoms with Crippen molar-refractivity contribution in [2.24, 2.45) is 0 Å². The number of carbonyl (C=O) groups excluding carboxylic acids is 1. The lowest BCUT2D eigenvalue weighted by Gasteiger charge is -2.27. The molecule has 0 saturated heterocycles. The van der Waals surface area contributed by atoms with E-state index in [1.54, 1.807) is 48.8 Å². The standard InChI is InChI=1S/C25H24N4O4S/c1-33-25(30)24(28-16-18-8-3-2-4-9-18)23(20-12-6-14-26-17-20)29-34(31,32)21-13-5-10-19-11-7-15-27-22(19)21/h2-15,17,23-24,28-29H,16H2,1H3/t23-,24-/m0/s1. The fourth-order valence-corrected chi connectivity index (χ4v) is 5.12. The Bertz CT molecular complexity index is 1360. The van der Waals surface area contributed by atoms with Gasteiger partial charge >= 0.3 is 5.97 Å². The van der Waals surface area contributed by atoms with Gasteiger partial charge in [0.25, 0.3) is 0 Å². The fourth-order valence-electron chi connectivity index (χ4n) is 3.70. The molecule has 0 aliphatic rings. The van der Waals surface area contributed by atoms with E-state index in [9.17, 15) is 13.2 Å². The zero-order valence-electron chi connectivity index (χ0n) is 18.5. The molecule has 0 spiro atoms. The average molecular weight is 477 g/mol. The Morgan fingerprint density at radius 2 is 1.74 bits per heavy atom. The Balaban J connectivity index is 1.73. The van der Waals surface area contributed by atoms with Gasteiger partial charge in [0.1, 0.15) is 10.9 Å². The topological polar surface area (TPSA) is 110 Å². The van der Waals surface area contributed by atoms with Crippen molar-refractivity contribution >= 4 is 26.9 Å². The van der Waals surface area contributed by atoms with Crippen LogP contribution in [0.1, 0.15) is 17.2 Å². The highest BCUT2D eigenvalue weighted by molar-refractivity contribution is 7.89. The lowest BCUT2D eigenvalue weighted by molar-refractivity contribution is -0.143. The Kier molecular flexibility index (Phi) is 7.27. The van der Waals surface area contributed by atoms with E-state index in [0.29, 0.717) is 23.0 Å². The summed E-state index contributed by atoms with van der Waals surface area (Å²) in [7, 11) is -2.83. The number of benzene rings is 2. The van der Waals surface area contributed by atoms with Crippen LogP contribution < -0.4 is 10.0 Å². The molecular weight excluding hydrogens is 452 g/mol. The van der Waals surface area contributed by atoms with Gasteiger partial charge in [-0.1, -0.05) is 54.6 Å². The number of hydrogen-bond donors (Lipinski definition) is 2. The van der Waals surface area contributed by atoms with Gasteiger partial charge in [0, 0.05) is 30.5 Å². The van der Waals surface area contributed by atoms with Gasteiger partial charge in [-0.2, -0.15) is 0 Å². The minimum Gasteiger partial charge on any atom is -0.468 e. The highest BCUT2D eigenvalue weighted by Crippen LogP contribution is 2.25. The summed E-state index contributed by atoms with van der Waals surface area (Å²) >= 11 is 0. The van der Waals surface area contributed by atoms with E-state index in [2.05, 4.69) is 20.0 Å². The number of ether oxygens (including phenoxy) is 1. The van der Waals surface area contributed by atoms with Crippen LogP contribution in [0.25, 0.3) is 10.9 Å². The van der Waals surface area contributed by atoms with Crippen LogP contribution in [0.3, 0.4) is 0 Å². The zero-order chi connectivity index (χ0) is 24.0. The molecule has 0 amide bonds. The maximum Gasteiger partial charge on any atom is 0.324 e. The summed E-state index contributed by atoms with van der Waals surface area (Å²) in [6, 6.07) is 19.3. The predicted molar refractivity (Wildman–Crippen MR) is 128 cm³/mol. The highest BCUT2D eigenvalue weighted by atomic mass is 32.2. The second-order valence-corrected chi connectivity index (χ2v) is 9.27. The normalized spacial score (nSPS) is 13.3. The molecule has 4 aromatic rings. The molecule has 2 atom stereocenters. The number of aromatic nitrogens is 2. The number of methoxy groups -OCH3 is 1. The van der Waals surface area contributed by atoms with Crippen molar-refractivity contribution in [2.75, 3.05) is 7.11 Å². The molecule has 4 rings (SSSR count).